The molecule has 1 aromatic heterocycles. The van der Waals surface area contributed by atoms with Gasteiger partial charge in [-0.15, -0.1) is 11.3 Å². The van der Waals surface area contributed by atoms with Gasteiger partial charge in [0.15, 0.2) is 0 Å². The van der Waals surface area contributed by atoms with E-state index in [0.717, 1.165) is 30.6 Å². The van der Waals surface area contributed by atoms with Gasteiger partial charge in [0.05, 0.1) is 10.8 Å². The molecule has 0 spiro atoms. The maximum absolute atomic E-state index is 12.4. The van der Waals surface area contributed by atoms with Gasteiger partial charge in [-0.25, -0.2) is 0 Å². The van der Waals surface area contributed by atoms with E-state index >= 15 is 0 Å². The molecule has 3 rings (SSSR count). The first-order valence-electron chi connectivity index (χ1n) is 7.70. The van der Waals surface area contributed by atoms with Crippen molar-refractivity contribution in [1.82, 2.24) is 5.32 Å². The van der Waals surface area contributed by atoms with Gasteiger partial charge in [0.2, 0.25) is 0 Å². The third-order valence-corrected chi connectivity index (χ3v) is 5.94. The Morgan fingerprint density at radius 1 is 1.33 bits per heavy atom. The van der Waals surface area contributed by atoms with Crippen molar-refractivity contribution < 1.29 is 14.7 Å². The molecule has 1 fully saturated rings. The molecule has 2 aliphatic carbocycles. The van der Waals surface area contributed by atoms with Crippen molar-refractivity contribution in [3.8, 4) is 0 Å². The highest BCUT2D eigenvalue weighted by Gasteiger charge is 2.34. The van der Waals surface area contributed by atoms with E-state index in [1.54, 1.807) is 11.3 Å². The van der Waals surface area contributed by atoms with Gasteiger partial charge < -0.3 is 10.4 Å². The predicted molar refractivity (Wildman–Crippen MR) is 81.7 cm³/mol. The Balaban J connectivity index is 1.70. The zero-order valence-corrected chi connectivity index (χ0v) is 13.0. The van der Waals surface area contributed by atoms with Crippen molar-refractivity contribution in [1.29, 1.82) is 0 Å². The standard InChI is InChI=1S/C16H21NO3S/c1-9-5-6-13-10(7-9)8-14(21-13)15(18)17-12-4-2-3-11(12)16(19)20/h8-9,11-12H,2-7H2,1H3,(H,17,18)(H,19,20). The minimum absolute atomic E-state index is 0.0970. The number of carbonyl (C=O) groups excluding carboxylic acids is 1. The van der Waals surface area contributed by atoms with Crippen LogP contribution < -0.4 is 5.32 Å². The van der Waals surface area contributed by atoms with Crippen LogP contribution in [0.2, 0.25) is 0 Å². The highest BCUT2D eigenvalue weighted by molar-refractivity contribution is 7.14. The van der Waals surface area contributed by atoms with E-state index in [-0.39, 0.29) is 11.9 Å². The summed E-state index contributed by atoms with van der Waals surface area (Å²) in [5.74, 6) is -0.630. The van der Waals surface area contributed by atoms with E-state index < -0.39 is 11.9 Å². The minimum Gasteiger partial charge on any atom is -0.481 e. The Kier molecular flexibility index (Phi) is 4.02. The molecule has 1 saturated carbocycles. The van der Waals surface area contributed by atoms with Gasteiger partial charge in [-0.2, -0.15) is 0 Å². The highest BCUT2D eigenvalue weighted by Crippen LogP contribution is 2.33. The number of nitrogens with one attached hydrogen (secondary N) is 1. The van der Waals surface area contributed by atoms with Crippen LogP contribution in [-0.4, -0.2) is 23.0 Å². The second-order valence-corrected chi connectivity index (χ2v) is 7.50. The molecule has 114 valence electrons. The molecule has 21 heavy (non-hydrogen) atoms. The summed E-state index contributed by atoms with van der Waals surface area (Å²) in [6, 6.07) is 1.79. The first-order valence-corrected chi connectivity index (χ1v) is 8.51. The average Bonchev–Trinajstić information content (AvgIpc) is 3.04. The van der Waals surface area contributed by atoms with Crippen LogP contribution in [0.25, 0.3) is 0 Å². The van der Waals surface area contributed by atoms with E-state index in [1.165, 1.54) is 16.9 Å². The number of carboxylic acid groups (broad SMARTS) is 1. The molecule has 0 radical (unpaired) electrons. The second-order valence-electron chi connectivity index (χ2n) is 6.36. The van der Waals surface area contributed by atoms with Crippen molar-refractivity contribution in [3.63, 3.8) is 0 Å². The Labute approximate surface area is 128 Å². The molecule has 5 heteroatoms. The normalized spacial score (nSPS) is 28.1. The van der Waals surface area contributed by atoms with Crippen molar-refractivity contribution in [3.05, 3.63) is 21.4 Å². The number of rotatable bonds is 3. The largest absolute Gasteiger partial charge is 0.481 e. The summed E-state index contributed by atoms with van der Waals surface area (Å²) in [6.45, 7) is 2.25. The molecular weight excluding hydrogens is 286 g/mol. The van der Waals surface area contributed by atoms with Gasteiger partial charge in [0.1, 0.15) is 0 Å². The molecule has 1 heterocycles. The number of amides is 1. The smallest absolute Gasteiger partial charge is 0.308 e. The van der Waals surface area contributed by atoms with Crippen molar-refractivity contribution >= 4 is 23.2 Å². The number of carbonyl (C=O) groups is 2. The molecular formula is C16H21NO3S. The van der Waals surface area contributed by atoms with Crippen LogP contribution in [0.3, 0.4) is 0 Å². The quantitative estimate of drug-likeness (QED) is 0.902. The number of hydrogen-bond acceptors (Lipinski definition) is 3. The summed E-state index contributed by atoms with van der Waals surface area (Å²) in [4.78, 5) is 25.6. The molecule has 0 bridgehead atoms. The fourth-order valence-electron chi connectivity index (χ4n) is 3.49. The molecule has 3 unspecified atom stereocenters. The lowest BCUT2D eigenvalue weighted by molar-refractivity contribution is -0.142. The molecule has 2 N–H and O–H groups in total. The third-order valence-electron chi connectivity index (χ3n) is 4.70. The summed E-state index contributed by atoms with van der Waals surface area (Å²) < 4.78 is 0. The molecule has 3 atom stereocenters. The average molecular weight is 307 g/mol. The zero-order valence-electron chi connectivity index (χ0n) is 12.2. The Bertz CT molecular complexity index is 566. The molecule has 1 amide bonds. The van der Waals surface area contributed by atoms with Crippen LogP contribution in [0.4, 0.5) is 0 Å². The first-order chi connectivity index (χ1) is 10.0. The SMILES string of the molecule is CC1CCc2sc(C(=O)NC3CCCC3C(=O)O)cc2C1. The summed E-state index contributed by atoms with van der Waals surface area (Å²) >= 11 is 1.58. The van der Waals surface area contributed by atoms with E-state index in [1.807, 2.05) is 6.07 Å². The Hall–Kier alpha value is -1.36. The van der Waals surface area contributed by atoms with Crippen LogP contribution in [0.1, 0.15) is 52.7 Å². The van der Waals surface area contributed by atoms with E-state index in [9.17, 15) is 14.7 Å². The van der Waals surface area contributed by atoms with Crippen molar-refractivity contribution in [2.45, 2.75) is 51.5 Å². The molecule has 0 saturated heterocycles. The maximum Gasteiger partial charge on any atom is 0.308 e. The number of hydrogen-bond donors (Lipinski definition) is 2. The van der Waals surface area contributed by atoms with Crippen molar-refractivity contribution in [2.75, 3.05) is 0 Å². The van der Waals surface area contributed by atoms with Gasteiger partial charge >= 0.3 is 5.97 Å². The van der Waals surface area contributed by atoms with E-state index in [0.29, 0.717) is 12.3 Å². The van der Waals surface area contributed by atoms with Gasteiger partial charge in [-0.05, 0) is 49.7 Å². The van der Waals surface area contributed by atoms with Gasteiger partial charge in [-0.3, -0.25) is 9.59 Å². The number of aryl methyl sites for hydroxylation is 1. The molecule has 4 nitrogen and oxygen atoms in total. The second kappa shape index (κ2) is 5.79. The van der Waals surface area contributed by atoms with Gasteiger partial charge in [0, 0.05) is 10.9 Å². The lowest BCUT2D eigenvalue weighted by atomic mass is 9.90. The Morgan fingerprint density at radius 2 is 2.14 bits per heavy atom. The number of thiophene rings is 1. The summed E-state index contributed by atoms with van der Waals surface area (Å²) in [5, 5.41) is 12.1. The first kappa shape index (κ1) is 14.6. The van der Waals surface area contributed by atoms with Crippen molar-refractivity contribution in [2.24, 2.45) is 11.8 Å². The van der Waals surface area contributed by atoms with E-state index in [2.05, 4.69) is 12.2 Å². The molecule has 0 aliphatic heterocycles. The summed E-state index contributed by atoms with van der Waals surface area (Å²) in [6.07, 6.45) is 5.62. The topological polar surface area (TPSA) is 66.4 Å². The van der Waals surface area contributed by atoms with Crippen LogP contribution in [0, 0.1) is 11.8 Å². The number of fused-ring (bicyclic) bond motifs is 1. The van der Waals surface area contributed by atoms with Gasteiger partial charge in [0.25, 0.3) is 5.91 Å². The lowest BCUT2D eigenvalue weighted by Gasteiger charge is -2.16. The predicted octanol–water partition coefficient (Wildman–Crippen LogP) is 2.86. The fourth-order valence-corrected chi connectivity index (χ4v) is 4.60. The number of aliphatic carboxylic acids is 1. The lowest BCUT2D eigenvalue weighted by Crippen LogP contribution is -2.39. The third kappa shape index (κ3) is 2.98. The fraction of sp³-hybridized carbons (Fsp3) is 0.625. The van der Waals surface area contributed by atoms with E-state index in [4.69, 9.17) is 0 Å². The Morgan fingerprint density at radius 3 is 2.90 bits per heavy atom. The van der Waals surface area contributed by atoms with Gasteiger partial charge in [-0.1, -0.05) is 13.3 Å². The molecule has 0 aromatic carbocycles. The maximum atomic E-state index is 12.4. The van der Waals surface area contributed by atoms with Crippen LogP contribution in [0.5, 0.6) is 0 Å². The monoisotopic (exact) mass is 307 g/mol. The van der Waals surface area contributed by atoms with Crippen LogP contribution in [-0.2, 0) is 17.6 Å². The van der Waals surface area contributed by atoms with Crippen LogP contribution in [0.15, 0.2) is 6.07 Å². The summed E-state index contributed by atoms with van der Waals surface area (Å²) in [5.41, 5.74) is 1.31. The van der Waals surface area contributed by atoms with Crippen LogP contribution >= 0.6 is 11.3 Å². The molecule has 1 aromatic rings. The minimum atomic E-state index is -0.794. The zero-order chi connectivity index (χ0) is 15.0. The highest BCUT2D eigenvalue weighted by atomic mass is 32.1. The number of carboxylic acids is 1. The molecule has 2 aliphatic rings. The summed E-state index contributed by atoms with van der Waals surface area (Å²) in [7, 11) is 0.